The average molecular weight is 723 g/mol. The number of hydrogen-bond donors (Lipinski definition) is 2. The van der Waals surface area contributed by atoms with Crippen LogP contribution in [0.4, 0.5) is 0 Å². The first-order valence-corrected chi connectivity index (χ1v) is 21.9. The van der Waals surface area contributed by atoms with E-state index < -0.39 is 11.9 Å². The number of rotatable bonds is 2. The molecule has 0 spiro atoms. The molecule has 0 saturated heterocycles. The molecule has 2 N–H and O–H groups in total. The second-order valence-corrected chi connectivity index (χ2v) is 15.3. The minimum Gasteiger partial charge on any atom is -0.478 e. The van der Waals surface area contributed by atoms with Gasteiger partial charge in [0.15, 0.2) is 0 Å². The van der Waals surface area contributed by atoms with Gasteiger partial charge in [-0.25, -0.2) is 9.59 Å². The first-order valence-electron chi connectivity index (χ1n) is 21.9. The Bertz CT molecular complexity index is 497. The molecule has 0 aromatic rings. The number of carboxylic acid groups (broad SMARTS) is 2. The number of methoxy groups -OCH3 is 1. The number of carbonyl (C=O) groups is 2. The Kier molecular flexibility index (Phi) is 51.0. The SMILES string of the molecule is C1CCCCCCCCCCC1.C1CCCCCCCCCCC1.C1CCCCCCCCCCC1.C=C(C)C(=O)O.C=C(C)C(=O)O.COC. The molecule has 0 heterocycles. The molecule has 5 heteroatoms. The largest absolute Gasteiger partial charge is 0.478 e. The third kappa shape index (κ3) is 57.9. The average Bonchev–Trinajstić information content (AvgIpc) is 3.07. The van der Waals surface area contributed by atoms with E-state index in [1.165, 1.54) is 245 Å². The van der Waals surface area contributed by atoms with Gasteiger partial charge in [0, 0.05) is 25.4 Å². The van der Waals surface area contributed by atoms with Crippen molar-refractivity contribution in [3.8, 4) is 0 Å². The Morgan fingerprint density at radius 3 is 0.373 bits per heavy atom. The van der Waals surface area contributed by atoms with Crippen molar-refractivity contribution in [2.24, 2.45) is 0 Å². The Morgan fingerprint density at radius 1 is 0.314 bits per heavy atom. The molecule has 0 aromatic heterocycles. The third-order valence-corrected chi connectivity index (χ3v) is 9.73. The van der Waals surface area contributed by atoms with Crippen molar-refractivity contribution in [3.63, 3.8) is 0 Å². The minimum atomic E-state index is -0.935. The van der Waals surface area contributed by atoms with Crippen LogP contribution in [-0.2, 0) is 14.3 Å². The Hall–Kier alpha value is -1.62. The van der Waals surface area contributed by atoms with E-state index in [2.05, 4.69) is 17.9 Å². The summed E-state index contributed by atoms with van der Waals surface area (Å²) in [5.41, 5.74) is 0.352. The molecule has 0 bridgehead atoms. The lowest BCUT2D eigenvalue weighted by Crippen LogP contribution is -1.92. The van der Waals surface area contributed by atoms with E-state index in [4.69, 9.17) is 10.2 Å². The van der Waals surface area contributed by atoms with E-state index in [1.807, 2.05) is 0 Å². The summed E-state index contributed by atoms with van der Waals surface area (Å²) in [5.74, 6) is -1.87. The van der Waals surface area contributed by atoms with Gasteiger partial charge in [-0.05, 0) is 13.8 Å². The molecule has 5 nitrogen and oxygen atoms in total. The third-order valence-electron chi connectivity index (χ3n) is 9.73. The van der Waals surface area contributed by atoms with Crippen LogP contribution in [0.15, 0.2) is 24.3 Å². The fourth-order valence-corrected chi connectivity index (χ4v) is 6.36. The van der Waals surface area contributed by atoms with Crippen molar-refractivity contribution in [2.45, 2.75) is 245 Å². The summed E-state index contributed by atoms with van der Waals surface area (Å²) in [7, 11) is 3.25. The van der Waals surface area contributed by atoms with E-state index >= 15 is 0 Å². The van der Waals surface area contributed by atoms with Crippen molar-refractivity contribution in [1.82, 2.24) is 0 Å². The van der Waals surface area contributed by atoms with Gasteiger partial charge in [0.2, 0.25) is 0 Å². The highest BCUT2D eigenvalue weighted by Gasteiger charge is 1.98. The quantitative estimate of drug-likeness (QED) is 0.277. The first kappa shape index (κ1) is 53.7. The van der Waals surface area contributed by atoms with E-state index in [-0.39, 0.29) is 11.1 Å². The van der Waals surface area contributed by atoms with Gasteiger partial charge in [0.25, 0.3) is 0 Å². The fourth-order valence-electron chi connectivity index (χ4n) is 6.36. The first-order chi connectivity index (χ1) is 24.7. The maximum absolute atomic E-state index is 9.60. The van der Waals surface area contributed by atoms with Gasteiger partial charge in [0.1, 0.15) is 0 Å². The molecule has 0 atom stereocenters. The Balaban J connectivity index is -0.000000570. The van der Waals surface area contributed by atoms with Gasteiger partial charge in [-0.3, -0.25) is 0 Å². The van der Waals surface area contributed by atoms with Gasteiger partial charge in [0.05, 0.1) is 0 Å². The molecule has 3 aliphatic carbocycles. The van der Waals surface area contributed by atoms with Crippen molar-refractivity contribution in [1.29, 1.82) is 0 Å². The zero-order chi connectivity index (χ0) is 38.5. The summed E-state index contributed by atoms with van der Waals surface area (Å²) in [6, 6.07) is 0. The number of aliphatic carboxylic acids is 2. The summed E-state index contributed by atoms with van der Waals surface area (Å²) < 4.78 is 4.25. The summed E-state index contributed by atoms with van der Waals surface area (Å²) in [6.45, 7) is 9.20. The van der Waals surface area contributed by atoms with Crippen molar-refractivity contribution >= 4 is 11.9 Å². The highest BCUT2D eigenvalue weighted by atomic mass is 16.4. The molecule has 0 amide bonds. The van der Waals surface area contributed by atoms with Crippen molar-refractivity contribution < 1.29 is 24.5 Å². The van der Waals surface area contributed by atoms with E-state index in [9.17, 15) is 9.59 Å². The number of ether oxygens (including phenoxy) is 1. The topological polar surface area (TPSA) is 83.8 Å². The molecule has 3 aliphatic rings. The van der Waals surface area contributed by atoms with Crippen LogP contribution >= 0.6 is 0 Å². The van der Waals surface area contributed by atoms with Gasteiger partial charge in [-0.2, -0.15) is 0 Å². The maximum atomic E-state index is 9.60. The molecule has 3 saturated carbocycles. The normalized spacial score (nSPS) is 19.1. The van der Waals surface area contributed by atoms with Gasteiger partial charge in [-0.15, -0.1) is 0 Å². The number of hydrogen-bond acceptors (Lipinski definition) is 3. The van der Waals surface area contributed by atoms with Crippen LogP contribution in [0.3, 0.4) is 0 Å². The lowest BCUT2D eigenvalue weighted by Gasteiger charge is -2.05. The summed E-state index contributed by atoms with van der Waals surface area (Å²) >= 11 is 0. The molecule has 3 fully saturated rings. The van der Waals surface area contributed by atoms with E-state index in [0.717, 1.165) is 0 Å². The van der Waals surface area contributed by atoms with Crippen molar-refractivity contribution in [3.05, 3.63) is 24.3 Å². The summed E-state index contributed by atoms with van der Waals surface area (Å²) in [4.78, 5) is 19.2. The highest BCUT2D eigenvalue weighted by molar-refractivity contribution is 5.85. The second kappa shape index (κ2) is 48.4. The van der Waals surface area contributed by atoms with Crippen molar-refractivity contribution in [2.75, 3.05) is 14.2 Å². The van der Waals surface area contributed by atoms with Crippen LogP contribution < -0.4 is 0 Å². The molecular formula is C46H90O5. The van der Waals surface area contributed by atoms with E-state index in [0.29, 0.717) is 0 Å². The lowest BCUT2D eigenvalue weighted by molar-refractivity contribution is -0.133. The van der Waals surface area contributed by atoms with Gasteiger partial charge >= 0.3 is 11.9 Å². The van der Waals surface area contributed by atoms with Gasteiger partial charge < -0.3 is 14.9 Å². The smallest absolute Gasteiger partial charge is 0.330 e. The molecule has 0 unspecified atom stereocenters. The maximum Gasteiger partial charge on any atom is 0.330 e. The lowest BCUT2D eigenvalue weighted by atomic mass is 10.0. The standard InChI is InChI=1S/3C12H24.2C4H6O2.C2H6O/c3*1-2-4-6-8-10-12-11-9-7-5-3-1;2*1-3(2)4(5)6;1-3-2/h3*1-12H2;2*1H2,2H3,(H,5,6);1-2H3. The molecule has 51 heavy (non-hydrogen) atoms. The van der Waals surface area contributed by atoms with E-state index in [1.54, 1.807) is 14.2 Å². The predicted octanol–water partition coefficient (Wildman–Crippen LogP) is 15.6. The second-order valence-electron chi connectivity index (χ2n) is 15.3. The monoisotopic (exact) mass is 723 g/mol. The van der Waals surface area contributed by atoms with Gasteiger partial charge in [-0.1, -0.05) is 244 Å². The van der Waals surface area contributed by atoms with Crippen LogP contribution in [0.2, 0.25) is 0 Å². The Morgan fingerprint density at radius 2 is 0.353 bits per heavy atom. The summed E-state index contributed by atoms with van der Waals surface area (Å²) in [6.07, 6.45) is 54.0. The molecule has 304 valence electrons. The predicted molar refractivity (Wildman–Crippen MR) is 224 cm³/mol. The minimum absolute atomic E-state index is 0.176. The zero-order valence-electron chi connectivity index (χ0n) is 35.0. The summed E-state index contributed by atoms with van der Waals surface area (Å²) in [5, 5.41) is 15.8. The highest BCUT2D eigenvalue weighted by Crippen LogP contribution is 2.18. The zero-order valence-corrected chi connectivity index (χ0v) is 35.0. The molecule has 0 radical (unpaired) electrons. The van der Waals surface area contributed by atoms with Crippen LogP contribution in [0.1, 0.15) is 245 Å². The van der Waals surface area contributed by atoms with Crippen LogP contribution in [0.5, 0.6) is 0 Å². The molecule has 0 aliphatic heterocycles. The molecule has 3 rings (SSSR count). The Labute approximate surface area is 319 Å². The molecule has 0 aromatic carbocycles. The van der Waals surface area contributed by atoms with Crippen LogP contribution in [0, 0.1) is 0 Å². The fraction of sp³-hybridized carbons (Fsp3) is 0.870. The van der Waals surface area contributed by atoms with Crippen LogP contribution in [-0.4, -0.2) is 36.4 Å². The molecular weight excluding hydrogens is 633 g/mol. The number of carboxylic acids is 2. The van der Waals surface area contributed by atoms with Crippen LogP contribution in [0.25, 0.3) is 0 Å².